The number of anilines is 1. The molecule has 3 rings (SSSR count). The number of aromatic nitrogens is 4. The Morgan fingerprint density at radius 1 is 1.32 bits per heavy atom. The maximum absolute atomic E-state index is 10.7. The fourth-order valence-corrected chi connectivity index (χ4v) is 2.29. The van der Waals surface area contributed by atoms with Gasteiger partial charge in [-0.2, -0.15) is 5.10 Å². The molecule has 0 unspecified atom stereocenters. The first-order chi connectivity index (χ1) is 10.6. The molecule has 22 heavy (non-hydrogen) atoms. The molecule has 0 amide bonds. The molecule has 2 heterocycles. The summed E-state index contributed by atoms with van der Waals surface area (Å²) in [7, 11) is 0. The van der Waals surface area contributed by atoms with Crippen molar-refractivity contribution in [2.24, 2.45) is 0 Å². The number of nitrogens with zero attached hydrogens (tertiary/aromatic N) is 4. The topological polar surface area (TPSA) is 92.9 Å². The monoisotopic (exact) mass is 297 g/mol. The highest BCUT2D eigenvalue weighted by Gasteiger charge is 2.13. The van der Waals surface area contributed by atoms with Crippen molar-refractivity contribution in [2.75, 3.05) is 11.9 Å². The third-order valence-corrected chi connectivity index (χ3v) is 3.58. The van der Waals surface area contributed by atoms with Crippen molar-refractivity contribution in [1.82, 2.24) is 19.7 Å². The lowest BCUT2D eigenvalue weighted by Gasteiger charge is -2.09. The van der Waals surface area contributed by atoms with Gasteiger partial charge in [0.1, 0.15) is 18.7 Å². The van der Waals surface area contributed by atoms with Crippen molar-refractivity contribution >= 4 is 22.8 Å². The van der Waals surface area contributed by atoms with Gasteiger partial charge < -0.3 is 10.4 Å². The van der Waals surface area contributed by atoms with E-state index in [0.29, 0.717) is 16.9 Å². The zero-order valence-electron chi connectivity index (χ0n) is 12.2. The van der Waals surface area contributed by atoms with Crippen LogP contribution in [0.15, 0.2) is 30.7 Å². The largest absolute Gasteiger partial charge is 0.480 e. The Bertz CT molecular complexity index is 856. The summed E-state index contributed by atoms with van der Waals surface area (Å²) >= 11 is 0. The molecule has 3 aromatic rings. The quantitative estimate of drug-likeness (QED) is 0.764. The lowest BCUT2D eigenvalue weighted by atomic mass is 10.1. The van der Waals surface area contributed by atoms with Crippen molar-refractivity contribution in [1.29, 1.82) is 0 Å². The number of rotatable bonds is 4. The summed E-state index contributed by atoms with van der Waals surface area (Å²) in [4.78, 5) is 19.1. The van der Waals surface area contributed by atoms with Gasteiger partial charge in [-0.1, -0.05) is 12.1 Å². The minimum absolute atomic E-state index is 0.208. The lowest BCUT2D eigenvalue weighted by molar-refractivity contribution is -0.134. The first-order valence-electron chi connectivity index (χ1n) is 6.79. The van der Waals surface area contributed by atoms with Crippen LogP contribution in [-0.4, -0.2) is 37.4 Å². The summed E-state index contributed by atoms with van der Waals surface area (Å²) in [5.74, 6) is -0.488. The number of fused-ring (bicyclic) bond motifs is 1. The highest BCUT2D eigenvalue weighted by Crippen LogP contribution is 2.24. The molecule has 0 fully saturated rings. The molecule has 1 aromatic carbocycles. The molecule has 2 N–H and O–H groups in total. The second-order valence-electron chi connectivity index (χ2n) is 4.98. The Balaban J connectivity index is 2.11. The molecule has 7 nitrogen and oxygen atoms in total. The van der Waals surface area contributed by atoms with Crippen LogP contribution in [0, 0.1) is 13.8 Å². The van der Waals surface area contributed by atoms with Gasteiger partial charge in [0.25, 0.3) is 0 Å². The standard InChI is InChI=1S/C15H15N5O2/c1-9-4-3-5-12(10(9)2)20-15-11(6-19-20)14(17-8-18-15)16-7-13(21)22/h3-6,8H,7H2,1-2H3,(H,21,22)(H,16,17,18). The van der Waals surface area contributed by atoms with E-state index in [1.807, 2.05) is 32.0 Å². The van der Waals surface area contributed by atoms with E-state index in [9.17, 15) is 4.79 Å². The fraction of sp³-hybridized carbons (Fsp3) is 0.200. The number of benzene rings is 1. The van der Waals surface area contributed by atoms with Gasteiger partial charge in [0.15, 0.2) is 5.65 Å². The third kappa shape index (κ3) is 2.37. The van der Waals surface area contributed by atoms with Gasteiger partial charge >= 0.3 is 5.97 Å². The van der Waals surface area contributed by atoms with Crippen molar-refractivity contribution in [3.8, 4) is 5.69 Å². The van der Waals surface area contributed by atoms with E-state index in [1.165, 1.54) is 11.9 Å². The van der Waals surface area contributed by atoms with Gasteiger partial charge in [-0.3, -0.25) is 4.79 Å². The predicted molar refractivity (Wildman–Crippen MR) is 82.3 cm³/mol. The van der Waals surface area contributed by atoms with Crippen molar-refractivity contribution in [2.45, 2.75) is 13.8 Å². The van der Waals surface area contributed by atoms with E-state index in [4.69, 9.17) is 5.11 Å². The summed E-state index contributed by atoms with van der Waals surface area (Å²) in [5, 5.41) is 16.6. The Morgan fingerprint density at radius 2 is 2.14 bits per heavy atom. The van der Waals surface area contributed by atoms with Gasteiger partial charge in [0.2, 0.25) is 0 Å². The van der Waals surface area contributed by atoms with Crippen LogP contribution in [0.4, 0.5) is 5.82 Å². The predicted octanol–water partition coefficient (Wildman–Crippen LogP) is 1.93. The molecule has 2 aromatic heterocycles. The fourth-order valence-electron chi connectivity index (χ4n) is 2.29. The van der Waals surface area contributed by atoms with Crippen LogP contribution in [0.1, 0.15) is 11.1 Å². The van der Waals surface area contributed by atoms with Crippen LogP contribution >= 0.6 is 0 Å². The molecule has 0 aliphatic carbocycles. The number of aliphatic carboxylic acids is 1. The van der Waals surface area contributed by atoms with Crippen LogP contribution in [-0.2, 0) is 4.79 Å². The van der Waals surface area contributed by atoms with E-state index in [-0.39, 0.29) is 6.54 Å². The zero-order chi connectivity index (χ0) is 15.7. The molecule has 0 aliphatic heterocycles. The molecule has 112 valence electrons. The number of carboxylic acids is 1. The zero-order valence-corrected chi connectivity index (χ0v) is 12.2. The first kappa shape index (κ1) is 14.0. The number of carbonyl (C=O) groups is 1. The van der Waals surface area contributed by atoms with Gasteiger partial charge in [0, 0.05) is 0 Å². The molecular weight excluding hydrogens is 282 g/mol. The molecule has 0 radical (unpaired) electrons. The van der Waals surface area contributed by atoms with E-state index in [0.717, 1.165) is 11.3 Å². The summed E-state index contributed by atoms with van der Waals surface area (Å²) in [6, 6.07) is 5.98. The van der Waals surface area contributed by atoms with Gasteiger partial charge in [-0.15, -0.1) is 0 Å². The SMILES string of the molecule is Cc1cccc(-n2ncc3c(NCC(=O)O)ncnc32)c1C. The minimum Gasteiger partial charge on any atom is -0.480 e. The average Bonchev–Trinajstić information content (AvgIpc) is 2.92. The van der Waals surface area contributed by atoms with Crippen LogP contribution in [0.5, 0.6) is 0 Å². The molecule has 0 saturated heterocycles. The summed E-state index contributed by atoms with van der Waals surface area (Å²) in [6.45, 7) is 3.86. The average molecular weight is 297 g/mol. The van der Waals surface area contributed by atoms with Crippen molar-refractivity contribution in [3.05, 3.63) is 41.9 Å². The third-order valence-electron chi connectivity index (χ3n) is 3.58. The van der Waals surface area contributed by atoms with E-state index in [2.05, 4.69) is 20.4 Å². The van der Waals surface area contributed by atoms with E-state index < -0.39 is 5.97 Å². The number of hydrogen-bond donors (Lipinski definition) is 2. The minimum atomic E-state index is -0.950. The molecule has 0 bridgehead atoms. The van der Waals surface area contributed by atoms with E-state index >= 15 is 0 Å². The van der Waals surface area contributed by atoms with Gasteiger partial charge in [-0.25, -0.2) is 14.6 Å². The van der Waals surface area contributed by atoms with E-state index in [1.54, 1.807) is 10.9 Å². The molecular formula is C15H15N5O2. The Labute approximate surface area is 126 Å². The molecule has 0 aliphatic rings. The highest BCUT2D eigenvalue weighted by atomic mass is 16.4. The number of carboxylic acid groups (broad SMARTS) is 1. The Morgan fingerprint density at radius 3 is 2.91 bits per heavy atom. The normalized spacial score (nSPS) is 10.8. The van der Waals surface area contributed by atoms with Crippen LogP contribution < -0.4 is 5.32 Å². The smallest absolute Gasteiger partial charge is 0.322 e. The van der Waals surface area contributed by atoms with Gasteiger partial charge in [-0.05, 0) is 31.0 Å². The molecule has 7 heteroatoms. The van der Waals surface area contributed by atoms with Crippen LogP contribution in [0.3, 0.4) is 0 Å². The summed E-state index contributed by atoms with van der Waals surface area (Å²) < 4.78 is 1.74. The number of nitrogens with one attached hydrogen (secondary N) is 1. The maximum Gasteiger partial charge on any atom is 0.322 e. The second kappa shape index (κ2) is 5.44. The first-order valence-corrected chi connectivity index (χ1v) is 6.79. The maximum atomic E-state index is 10.7. The molecule has 0 atom stereocenters. The van der Waals surface area contributed by atoms with Crippen molar-refractivity contribution < 1.29 is 9.90 Å². The second-order valence-corrected chi connectivity index (χ2v) is 4.98. The van der Waals surface area contributed by atoms with Crippen LogP contribution in [0.2, 0.25) is 0 Å². The Kier molecular flexibility index (Phi) is 3.46. The van der Waals surface area contributed by atoms with Crippen LogP contribution in [0.25, 0.3) is 16.7 Å². The number of hydrogen-bond acceptors (Lipinski definition) is 5. The molecule has 0 saturated carbocycles. The number of aryl methyl sites for hydroxylation is 1. The Hall–Kier alpha value is -2.96. The van der Waals surface area contributed by atoms with Crippen molar-refractivity contribution in [3.63, 3.8) is 0 Å². The lowest BCUT2D eigenvalue weighted by Crippen LogP contribution is -2.13. The summed E-state index contributed by atoms with van der Waals surface area (Å²) in [6.07, 6.45) is 3.04. The highest BCUT2D eigenvalue weighted by molar-refractivity contribution is 5.88. The van der Waals surface area contributed by atoms with Gasteiger partial charge in [0.05, 0.1) is 17.3 Å². The molecule has 0 spiro atoms. The summed E-state index contributed by atoms with van der Waals surface area (Å²) in [5.41, 5.74) is 3.86.